The molecule has 0 bridgehead atoms. The SMILES string of the molecule is O=C(Nc1ccc(F)cc1)O[C@@H]1CCC[C@@H](NC(=O)c2ccccc2C(F)(F)F)C1. The Morgan fingerprint density at radius 1 is 1.00 bits per heavy atom. The van der Waals surface area contributed by atoms with Crippen LogP contribution in [-0.4, -0.2) is 24.1 Å². The summed E-state index contributed by atoms with van der Waals surface area (Å²) in [5.74, 6) is -1.25. The summed E-state index contributed by atoms with van der Waals surface area (Å²) in [5, 5.41) is 5.10. The molecule has 2 aromatic rings. The molecule has 0 saturated heterocycles. The Labute approximate surface area is 170 Å². The Balaban J connectivity index is 1.57. The standard InChI is InChI=1S/C21H20F4N2O3/c22-13-8-10-14(11-9-13)27-20(29)30-16-5-3-4-15(12-16)26-19(28)17-6-1-2-7-18(17)21(23,24)25/h1-2,6-11,15-16H,3-5,12H2,(H,26,28)(H,27,29)/t15-,16-/m1/s1. The summed E-state index contributed by atoms with van der Waals surface area (Å²) in [6.45, 7) is 0. The average Bonchev–Trinajstić information content (AvgIpc) is 2.69. The van der Waals surface area contributed by atoms with Crippen molar-refractivity contribution in [3.05, 3.63) is 65.5 Å². The monoisotopic (exact) mass is 424 g/mol. The van der Waals surface area contributed by atoms with Crippen LogP contribution in [-0.2, 0) is 10.9 Å². The van der Waals surface area contributed by atoms with E-state index in [1.165, 1.54) is 36.4 Å². The molecule has 0 spiro atoms. The van der Waals surface area contributed by atoms with Crippen molar-refractivity contribution >= 4 is 17.7 Å². The summed E-state index contributed by atoms with van der Waals surface area (Å²) in [6.07, 6.45) is -3.79. The second-order valence-corrected chi connectivity index (χ2v) is 7.04. The molecule has 0 aliphatic heterocycles. The van der Waals surface area contributed by atoms with Crippen LogP contribution < -0.4 is 10.6 Å². The van der Waals surface area contributed by atoms with Gasteiger partial charge in [0.05, 0.1) is 11.1 Å². The molecule has 0 radical (unpaired) electrons. The number of carbonyl (C=O) groups is 2. The van der Waals surface area contributed by atoms with Gasteiger partial charge >= 0.3 is 12.3 Å². The average molecular weight is 424 g/mol. The molecule has 160 valence electrons. The molecule has 1 saturated carbocycles. The quantitative estimate of drug-likeness (QED) is 0.669. The van der Waals surface area contributed by atoms with Crippen LogP contribution in [0.1, 0.15) is 41.6 Å². The lowest BCUT2D eigenvalue weighted by Gasteiger charge is -2.29. The maximum Gasteiger partial charge on any atom is 0.417 e. The molecule has 1 aliphatic rings. The fourth-order valence-electron chi connectivity index (χ4n) is 3.41. The molecule has 2 N–H and O–H groups in total. The minimum absolute atomic E-state index is 0.288. The summed E-state index contributed by atoms with van der Waals surface area (Å²) in [5.41, 5.74) is -1.07. The van der Waals surface area contributed by atoms with E-state index in [2.05, 4.69) is 10.6 Å². The molecule has 30 heavy (non-hydrogen) atoms. The molecule has 2 amide bonds. The highest BCUT2D eigenvalue weighted by atomic mass is 19.4. The van der Waals surface area contributed by atoms with Crippen LogP contribution in [0.25, 0.3) is 0 Å². The van der Waals surface area contributed by atoms with E-state index < -0.39 is 47.3 Å². The molecule has 1 aliphatic carbocycles. The Morgan fingerprint density at radius 3 is 2.40 bits per heavy atom. The first-order valence-corrected chi connectivity index (χ1v) is 9.42. The number of amides is 2. The van der Waals surface area contributed by atoms with Crippen LogP contribution in [0.3, 0.4) is 0 Å². The molecule has 2 aromatic carbocycles. The first kappa shape index (κ1) is 21.6. The van der Waals surface area contributed by atoms with Gasteiger partial charge < -0.3 is 10.1 Å². The first-order valence-electron chi connectivity index (χ1n) is 9.42. The van der Waals surface area contributed by atoms with Gasteiger partial charge in [-0.25, -0.2) is 9.18 Å². The Kier molecular flexibility index (Phi) is 6.59. The van der Waals surface area contributed by atoms with Crippen molar-refractivity contribution in [3.63, 3.8) is 0 Å². The number of hydrogen-bond donors (Lipinski definition) is 2. The molecule has 1 fully saturated rings. The van der Waals surface area contributed by atoms with Crippen molar-refractivity contribution in [2.75, 3.05) is 5.32 Å². The van der Waals surface area contributed by atoms with Gasteiger partial charge in [0.1, 0.15) is 11.9 Å². The highest BCUT2D eigenvalue weighted by Crippen LogP contribution is 2.32. The third-order valence-electron chi connectivity index (χ3n) is 4.80. The third kappa shape index (κ3) is 5.71. The lowest BCUT2D eigenvalue weighted by Crippen LogP contribution is -2.41. The van der Waals surface area contributed by atoms with Crippen molar-refractivity contribution in [1.29, 1.82) is 0 Å². The van der Waals surface area contributed by atoms with Crippen molar-refractivity contribution < 1.29 is 31.9 Å². The second-order valence-electron chi connectivity index (χ2n) is 7.04. The lowest BCUT2D eigenvalue weighted by atomic mass is 9.92. The molecule has 3 rings (SSSR count). The number of benzene rings is 2. The van der Waals surface area contributed by atoms with Gasteiger partial charge in [-0.3, -0.25) is 10.1 Å². The summed E-state index contributed by atoms with van der Waals surface area (Å²) in [4.78, 5) is 24.4. The number of halogens is 4. The number of hydrogen-bond acceptors (Lipinski definition) is 3. The van der Waals surface area contributed by atoms with Gasteiger partial charge in [-0.1, -0.05) is 12.1 Å². The molecule has 5 nitrogen and oxygen atoms in total. The van der Waals surface area contributed by atoms with E-state index in [0.717, 1.165) is 12.1 Å². The Hall–Kier alpha value is -3.10. The maximum atomic E-state index is 13.1. The van der Waals surface area contributed by atoms with Crippen molar-refractivity contribution in [1.82, 2.24) is 5.32 Å². The fraction of sp³-hybridized carbons (Fsp3) is 0.333. The number of anilines is 1. The van der Waals surface area contributed by atoms with Crippen molar-refractivity contribution in [2.45, 2.75) is 44.0 Å². The van der Waals surface area contributed by atoms with E-state index in [0.29, 0.717) is 24.9 Å². The zero-order chi connectivity index (χ0) is 21.7. The maximum absolute atomic E-state index is 13.1. The van der Waals surface area contributed by atoms with Crippen LogP contribution in [0.2, 0.25) is 0 Å². The highest BCUT2D eigenvalue weighted by molar-refractivity contribution is 5.96. The van der Waals surface area contributed by atoms with Crippen molar-refractivity contribution in [2.24, 2.45) is 0 Å². The van der Waals surface area contributed by atoms with E-state index in [1.807, 2.05) is 0 Å². The summed E-state index contributed by atoms with van der Waals surface area (Å²) < 4.78 is 57.6. The molecule has 9 heteroatoms. The predicted octanol–water partition coefficient (Wildman–Crippen LogP) is 5.13. The summed E-state index contributed by atoms with van der Waals surface area (Å²) in [6, 6.07) is 9.34. The topological polar surface area (TPSA) is 67.4 Å². The Morgan fingerprint density at radius 2 is 1.70 bits per heavy atom. The summed E-state index contributed by atoms with van der Waals surface area (Å²) in [7, 11) is 0. The van der Waals surface area contributed by atoms with Gasteiger partial charge in [-0.2, -0.15) is 13.2 Å². The van der Waals surface area contributed by atoms with Crippen LogP contribution in [0.5, 0.6) is 0 Å². The predicted molar refractivity (Wildman–Crippen MR) is 101 cm³/mol. The second kappa shape index (κ2) is 9.15. The molecule has 2 atom stereocenters. The minimum Gasteiger partial charge on any atom is -0.446 e. The van der Waals surface area contributed by atoms with Crippen LogP contribution in [0.15, 0.2) is 48.5 Å². The number of ether oxygens (including phenoxy) is 1. The van der Waals surface area contributed by atoms with Gasteiger partial charge in [0.25, 0.3) is 5.91 Å². The van der Waals surface area contributed by atoms with E-state index >= 15 is 0 Å². The molecule has 0 heterocycles. The molecular formula is C21H20F4N2O3. The van der Waals surface area contributed by atoms with Gasteiger partial charge in [-0.15, -0.1) is 0 Å². The largest absolute Gasteiger partial charge is 0.446 e. The zero-order valence-corrected chi connectivity index (χ0v) is 15.8. The van der Waals surface area contributed by atoms with Crippen molar-refractivity contribution in [3.8, 4) is 0 Å². The fourth-order valence-corrected chi connectivity index (χ4v) is 3.41. The Bertz CT molecular complexity index is 900. The van der Waals surface area contributed by atoms with E-state index in [-0.39, 0.29) is 6.42 Å². The minimum atomic E-state index is -4.63. The third-order valence-corrected chi connectivity index (χ3v) is 4.80. The number of carbonyl (C=O) groups excluding carboxylic acids is 2. The van der Waals surface area contributed by atoms with Crippen LogP contribution in [0.4, 0.5) is 28.0 Å². The van der Waals surface area contributed by atoms with E-state index in [1.54, 1.807) is 0 Å². The van der Waals surface area contributed by atoms with Gasteiger partial charge in [-0.05, 0) is 55.7 Å². The van der Waals surface area contributed by atoms with Gasteiger partial charge in [0.15, 0.2) is 0 Å². The normalized spacial score (nSPS) is 19.1. The number of nitrogens with one attached hydrogen (secondary N) is 2. The van der Waals surface area contributed by atoms with Gasteiger partial charge in [0.2, 0.25) is 0 Å². The van der Waals surface area contributed by atoms with Gasteiger partial charge in [0, 0.05) is 18.2 Å². The first-order chi connectivity index (χ1) is 14.2. The van der Waals surface area contributed by atoms with Crippen LogP contribution >= 0.6 is 0 Å². The van der Waals surface area contributed by atoms with E-state index in [4.69, 9.17) is 4.74 Å². The van der Waals surface area contributed by atoms with E-state index in [9.17, 15) is 27.2 Å². The molecular weight excluding hydrogens is 404 g/mol. The smallest absolute Gasteiger partial charge is 0.417 e. The molecule has 0 aromatic heterocycles. The zero-order valence-electron chi connectivity index (χ0n) is 15.8. The molecule has 0 unspecified atom stereocenters. The van der Waals surface area contributed by atoms with Crippen LogP contribution in [0, 0.1) is 5.82 Å². The highest BCUT2D eigenvalue weighted by Gasteiger charge is 2.35. The number of alkyl halides is 3. The lowest BCUT2D eigenvalue weighted by molar-refractivity contribution is -0.137. The summed E-state index contributed by atoms with van der Waals surface area (Å²) >= 11 is 0. The number of rotatable bonds is 4.